The molecule has 0 atom stereocenters. The number of benzene rings is 1. The molecule has 0 saturated carbocycles. The van der Waals surface area contributed by atoms with Crippen LogP contribution in [0.2, 0.25) is 0 Å². The minimum absolute atomic E-state index is 0.00668. The molecule has 0 unspecified atom stereocenters. The fraction of sp³-hybridized carbons (Fsp3) is 0.353. The van der Waals surface area contributed by atoms with E-state index in [1.54, 1.807) is 9.47 Å². The summed E-state index contributed by atoms with van der Waals surface area (Å²) in [5.41, 5.74) is 1.67. The van der Waals surface area contributed by atoms with E-state index < -0.39 is 0 Å². The lowest BCUT2D eigenvalue weighted by Crippen LogP contribution is -2.33. The quantitative estimate of drug-likeness (QED) is 0.587. The number of aromatic nitrogens is 3. The van der Waals surface area contributed by atoms with Crippen molar-refractivity contribution in [1.29, 1.82) is 0 Å². The monoisotopic (exact) mass is 346 g/mol. The summed E-state index contributed by atoms with van der Waals surface area (Å²) in [6.45, 7) is 9.28. The van der Waals surface area contributed by atoms with E-state index in [2.05, 4.69) is 16.8 Å². The van der Waals surface area contributed by atoms with Crippen molar-refractivity contribution >= 4 is 17.7 Å². The van der Waals surface area contributed by atoms with E-state index in [-0.39, 0.29) is 17.3 Å². The number of carbonyl (C=O) groups is 1. The molecule has 0 aliphatic heterocycles. The van der Waals surface area contributed by atoms with Crippen molar-refractivity contribution in [1.82, 2.24) is 19.7 Å². The van der Waals surface area contributed by atoms with Crippen LogP contribution in [-0.2, 0) is 11.3 Å². The van der Waals surface area contributed by atoms with E-state index >= 15 is 0 Å². The number of nitrogens with zero attached hydrogens (tertiary/aromatic N) is 3. The van der Waals surface area contributed by atoms with Gasteiger partial charge in [0.05, 0.1) is 12.3 Å². The van der Waals surface area contributed by atoms with Gasteiger partial charge in [0.15, 0.2) is 5.16 Å². The minimum atomic E-state index is -0.275. The van der Waals surface area contributed by atoms with Gasteiger partial charge in [-0.1, -0.05) is 54.2 Å². The Bertz CT molecular complexity index is 751. The number of carbonyl (C=O) groups excluding carboxylic acids is 1. The van der Waals surface area contributed by atoms with Crippen LogP contribution in [0.5, 0.6) is 0 Å². The van der Waals surface area contributed by atoms with Gasteiger partial charge in [-0.2, -0.15) is 0 Å². The lowest BCUT2D eigenvalue weighted by molar-refractivity contribution is -0.127. The van der Waals surface area contributed by atoms with Gasteiger partial charge in [0.1, 0.15) is 0 Å². The van der Waals surface area contributed by atoms with Gasteiger partial charge in [-0.05, 0) is 19.4 Å². The van der Waals surface area contributed by atoms with Crippen molar-refractivity contribution in [3.8, 4) is 0 Å². The van der Waals surface area contributed by atoms with Gasteiger partial charge in [0.25, 0.3) is 0 Å². The first-order chi connectivity index (χ1) is 11.5. The molecule has 0 bridgehead atoms. The Labute approximate surface area is 145 Å². The maximum absolute atomic E-state index is 12.3. The van der Waals surface area contributed by atoms with Crippen LogP contribution >= 0.6 is 11.8 Å². The number of hydrogen-bond donors (Lipinski definition) is 1. The Kier molecular flexibility index (Phi) is 6.43. The van der Waals surface area contributed by atoms with Crippen LogP contribution in [0.3, 0.4) is 0 Å². The summed E-state index contributed by atoms with van der Waals surface area (Å²) >= 11 is 1.27. The molecular weight excluding hydrogens is 324 g/mol. The second-order valence-corrected chi connectivity index (χ2v) is 6.48. The fourth-order valence-electron chi connectivity index (χ4n) is 2.24. The normalized spacial score (nSPS) is 10.6. The molecule has 1 aromatic heterocycles. The van der Waals surface area contributed by atoms with Gasteiger partial charge < -0.3 is 4.90 Å². The van der Waals surface area contributed by atoms with Crippen LogP contribution in [0, 0.1) is 0 Å². The van der Waals surface area contributed by atoms with Crippen molar-refractivity contribution in [3.63, 3.8) is 0 Å². The van der Waals surface area contributed by atoms with Crippen LogP contribution in [0.25, 0.3) is 0 Å². The van der Waals surface area contributed by atoms with Crippen LogP contribution < -0.4 is 5.69 Å². The van der Waals surface area contributed by atoms with E-state index in [4.69, 9.17) is 0 Å². The van der Waals surface area contributed by atoms with E-state index in [1.165, 1.54) is 11.8 Å². The number of hydrogen-bond acceptors (Lipinski definition) is 4. The number of amides is 1. The van der Waals surface area contributed by atoms with Gasteiger partial charge in [0, 0.05) is 13.1 Å². The van der Waals surface area contributed by atoms with Gasteiger partial charge in [-0.25, -0.2) is 9.89 Å². The SMILES string of the molecule is C=C(C)CN(CC)C(=O)CSc1n[nH]c(=O)n1Cc1ccccc1. The van der Waals surface area contributed by atoms with Gasteiger partial charge in [0.2, 0.25) is 5.91 Å². The summed E-state index contributed by atoms with van der Waals surface area (Å²) in [4.78, 5) is 26.0. The first-order valence-corrected chi connectivity index (χ1v) is 8.74. The molecule has 0 saturated heterocycles. The molecule has 1 aromatic carbocycles. The zero-order valence-electron chi connectivity index (χ0n) is 14.0. The Morgan fingerprint density at radius 3 is 2.71 bits per heavy atom. The predicted octanol–water partition coefficient (Wildman–Crippen LogP) is 2.14. The predicted molar refractivity (Wildman–Crippen MR) is 96.2 cm³/mol. The molecule has 6 nitrogen and oxygen atoms in total. The van der Waals surface area contributed by atoms with Crippen molar-refractivity contribution in [2.75, 3.05) is 18.8 Å². The number of rotatable bonds is 8. The molecule has 0 aliphatic carbocycles. The van der Waals surface area contributed by atoms with E-state index in [0.717, 1.165) is 11.1 Å². The first kappa shape index (κ1) is 18.1. The second kappa shape index (κ2) is 8.54. The molecule has 2 aromatic rings. The van der Waals surface area contributed by atoms with Crippen molar-refractivity contribution in [2.24, 2.45) is 0 Å². The smallest absolute Gasteiger partial charge is 0.338 e. The molecule has 7 heteroatoms. The lowest BCUT2D eigenvalue weighted by Gasteiger charge is -2.20. The Morgan fingerprint density at radius 1 is 1.38 bits per heavy atom. The number of nitrogens with one attached hydrogen (secondary N) is 1. The number of H-pyrrole nitrogens is 1. The average molecular weight is 346 g/mol. The standard InChI is InChI=1S/C17H22N4O2S/c1-4-20(10-13(2)3)15(22)12-24-17-19-18-16(23)21(17)11-14-8-6-5-7-9-14/h5-9H,2,4,10-12H2,1,3H3,(H,18,23). The molecule has 1 N–H and O–H groups in total. The second-order valence-electron chi connectivity index (χ2n) is 5.54. The number of thioether (sulfide) groups is 1. The van der Waals surface area contributed by atoms with Crippen LogP contribution in [-0.4, -0.2) is 44.4 Å². The van der Waals surface area contributed by atoms with Crippen molar-refractivity contribution in [3.05, 3.63) is 58.5 Å². The summed E-state index contributed by atoms with van der Waals surface area (Å²) in [5, 5.41) is 7.00. The molecule has 0 spiro atoms. The van der Waals surface area contributed by atoms with Crippen LogP contribution in [0.15, 0.2) is 52.4 Å². The maximum atomic E-state index is 12.3. The molecule has 0 fully saturated rings. The summed E-state index contributed by atoms with van der Waals surface area (Å²) in [5.74, 6) is 0.243. The number of aromatic amines is 1. The largest absolute Gasteiger partial charge is 0.344 e. The summed E-state index contributed by atoms with van der Waals surface area (Å²) < 4.78 is 1.54. The molecule has 0 aliphatic rings. The third-order valence-corrected chi connectivity index (χ3v) is 4.39. The van der Waals surface area contributed by atoms with E-state index in [0.29, 0.717) is 24.8 Å². The molecule has 128 valence electrons. The van der Waals surface area contributed by atoms with E-state index in [1.807, 2.05) is 44.2 Å². The van der Waals surface area contributed by atoms with Crippen LogP contribution in [0.1, 0.15) is 19.4 Å². The Morgan fingerprint density at radius 2 is 2.08 bits per heavy atom. The molecule has 24 heavy (non-hydrogen) atoms. The third kappa shape index (κ3) is 4.86. The Balaban J connectivity index is 2.04. The third-order valence-electron chi connectivity index (χ3n) is 3.43. The number of likely N-dealkylation sites (N-methyl/N-ethyl adjacent to an activating group) is 1. The van der Waals surface area contributed by atoms with Gasteiger partial charge in [-0.3, -0.25) is 9.36 Å². The topological polar surface area (TPSA) is 71.0 Å². The average Bonchev–Trinajstić information content (AvgIpc) is 2.91. The summed E-state index contributed by atoms with van der Waals surface area (Å²) in [6.07, 6.45) is 0. The lowest BCUT2D eigenvalue weighted by atomic mass is 10.2. The molecule has 0 radical (unpaired) electrons. The highest BCUT2D eigenvalue weighted by Gasteiger charge is 2.15. The molecule has 1 amide bonds. The summed E-state index contributed by atoms with van der Waals surface area (Å²) in [6, 6.07) is 9.67. The Hall–Kier alpha value is -2.28. The highest BCUT2D eigenvalue weighted by atomic mass is 32.2. The zero-order chi connectivity index (χ0) is 17.5. The van der Waals surface area contributed by atoms with Gasteiger partial charge >= 0.3 is 5.69 Å². The van der Waals surface area contributed by atoms with Crippen LogP contribution in [0.4, 0.5) is 0 Å². The maximum Gasteiger partial charge on any atom is 0.344 e. The summed E-state index contributed by atoms with van der Waals surface area (Å²) in [7, 11) is 0. The molecular formula is C17H22N4O2S. The van der Waals surface area contributed by atoms with Crippen molar-refractivity contribution < 1.29 is 4.79 Å². The highest BCUT2D eigenvalue weighted by molar-refractivity contribution is 7.99. The molecule has 2 rings (SSSR count). The first-order valence-electron chi connectivity index (χ1n) is 7.75. The van der Waals surface area contributed by atoms with Crippen molar-refractivity contribution in [2.45, 2.75) is 25.5 Å². The zero-order valence-corrected chi connectivity index (χ0v) is 14.8. The highest BCUT2D eigenvalue weighted by Crippen LogP contribution is 2.15. The fourth-order valence-corrected chi connectivity index (χ4v) is 3.09. The minimum Gasteiger partial charge on any atom is -0.338 e. The van der Waals surface area contributed by atoms with E-state index in [9.17, 15) is 9.59 Å². The van der Waals surface area contributed by atoms with Gasteiger partial charge in [-0.15, -0.1) is 5.10 Å². The molecule has 1 heterocycles.